The van der Waals surface area contributed by atoms with Crippen LogP contribution in [-0.2, 0) is 17.6 Å². The van der Waals surface area contributed by atoms with E-state index in [0.717, 1.165) is 17.7 Å². The van der Waals surface area contributed by atoms with Gasteiger partial charge < -0.3 is 19.8 Å². The first kappa shape index (κ1) is 25.4. The molecule has 0 aliphatic carbocycles. The fourth-order valence-corrected chi connectivity index (χ4v) is 4.05. The van der Waals surface area contributed by atoms with Gasteiger partial charge in [-0.2, -0.15) is 13.2 Å². The minimum Gasteiger partial charge on any atom is -0.495 e. The zero-order valence-corrected chi connectivity index (χ0v) is 20.0. The first-order chi connectivity index (χ1) is 17.2. The Morgan fingerprint density at radius 1 is 1.11 bits per heavy atom. The van der Waals surface area contributed by atoms with Crippen LogP contribution in [0, 0.1) is 0 Å². The third-order valence-corrected chi connectivity index (χ3v) is 5.96. The average Bonchev–Trinajstić information content (AvgIpc) is 3.32. The average molecular weight is 518 g/mol. The molecule has 0 saturated carbocycles. The number of ether oxygens (including phenoxy) is 1. The molecule has 1 aliphatic heterocycles. The van der Waals surface area contributed by atoms with E-state index in [1.807, 2.05) is 18.2 Å². The van der Waals surface area contributed by atoms with Crippen LogP contribution >= 0.6 is 11.6 Å². The number of nitrogens with zero attached hydrogens (tertiary/aromatic N) is 2. The number of oxime groups is 1. The zero-order chi connectivity index (χ0) is 25.7. The summed E-state index contributed by atoms with van der Waals surface area (Å²) in [7, 11) is 1.49. The third kappa shape index (κ3) is 6.09. The molecule has 4 rings (SSSR count). The number of carbonyl (C=O) groups is 1. The summed E-state index contributed by atoms with van der Waals surface area (Å²) < 4.78 is 44.2. The van der Waals surface area contributed by atoms with E-state index in [-0.39, 0.29) is 13.1 Å². The molecule has 1 heterocycles. The lowest BCUT2D eigenvalue weighted by molar-refractivity contribution is -0.137. The highest BCUT2D eigenvalue weighted by Gasteiger charge is 2.31. The van der Waals surface area contributed by atoms with Crippen molar-refractivity contribution in [2.75, 3.05) is 19.0 Å². The number of urea groups is 1. The Kier molecular flexibility index (Phi) is 7.69. The molecule has 188 valence electrons. The summed E-state index contributed by atoms with van der Waals surface area (Å²) in [4.78, 5) is 20.3. The number of benzene rings is 3. The molecular weight excluding hydrogens is 495 g/mol. The van der Waals surface area contributed by atoms with Crippen molar-refractivity contribution in [3.8, 4) is 5.75 Å². The predicted molar refractivity (Wildman–Crippen MR) is 131 cm³/mol. The van der Waals surface area contributed by atoms with Crippen molar-refractivity contribution < 1.29 is 27.5 Å². The predicted octanol–water partition coefficient (Wildman–Crippen LogP) is 6.59. The maximum Gasteiger partial charge on any atom is 0.416 e. The van der Waals surface area contributed by atoms with E-state index in [1.165, 1.54) is 24.1 Å². The smallest absolute Gasteiger partial charge is 0.416 e. The lowest BCUT2D eigenvalue weighted by atomic mass is 10.0. The highest BCUT2D eigenvalue weighted by molar-refractivity contribution is 6.34. The van der Waals surface area contributed by atoms with E-state index in [2.05, 4.69) is 10.5 Å². The van der Waals surface area contributed by atoms with Gasteiger partial charge in [-0.1, -0.05) is 59.2 Å². The summed E-state index contributed by atoms with van der Waals surface area (Å²) in [5.74, 6) is 0.474. The van der Waals surface area contributed by atoms with Crippen LogP contribution in [0.4, 0.5) is 23.7 Å². The van der Waals surface area contributed by atoms with Gasteiger partial charge in [0.2, 0.25) is 0 Å². The molecule has 10 heteroatoms. The van der Waals surface area contributed by atoms with Gasteiger partial charge in [0.15, 0.2) is 6.10 Å². The van der Waals surface area contributed by atoms with Crippen molar-refractivity contribution in [1.29, 1.82) is 0 Å². The number of halogens is 4. The number of hydrogen-bond acceptors (Lipinski definition) is 4. The largest absolute Gasteiger partial charge is 0.495 e. The molecule has 2 amide bonds. The molecule has 36 heavy (non-hydrogen) atoms. The van der Waals surface area contributed by atoms with E-state index in [1.54, 1.807) is 30.3 Å². The van der Waals surface area contributed by atoms with Crippen molar-refractivity contribution in [3.63, 3.8) is 0 Å². The van der Waals surface area contributed by atoms with E-state index in [9.17, 15) is 18.0 Å². The number of para-hydroxylation sites is 2. The van der Waals surface area contributed by atoms with E-state index < -0.39 is 23.9 Å². The lowest BCUT2D eigenvalue weighted by Gasteiger charge is -2.26. The summed E-state index contributed by atoms with van der Waals surface area (Å²) in [6.07, 6.45) is -4.49. The second-order valence-corrected chi connectivity index (χ2v) is 8.56. The van der Waals surface area contributed by atoms with Gasteiger partial charge in [0, 0.05) is 23.6 Å². The Balaban J connectivity index is 1.51. The Morgan fingerprint density at radius 3 is 2.50 bits per heavy atom. The van der Waals surface area contributed by atoms with Crippen molar-refractivity contribution in [2.24, 2.45) is 5.16 Å². The maximum atomic E-state index is 13.3. The SMILES string of the molecule is COc1ccccc1NC(=O)N(Cc1ccc(C(F)(F)F)cc1)C[C@H]1CC(c2ccccc2Cl)=NO1. The van der Waals surface area contributed by atoms with E-state index in [4.69, 9.17) is 21.2 Å². The van der Waals surface area contributed by atoms with Gasteiger partial charge in [0.05, 0.1) is 30.6 Å². The lowest BCUT2D eigenvalue weighted by Crippen LogP contribution is -2.40. The molecule has 1 atom stereocenters. The van der Waals surface area contributed by atoms with Crippen LogP contribution in [0.5, 0.6) is 5.75 Å². The summed E-state index contributed by atoms with van der Waals surface area (Å²) in [5.41, 5.74) is 1.64. The summed E-state index contributed by atoms with van der Waals surface area (Å²) in [6, 6.07) is 18.4. The van der Waals surface area contributed by atoms with Crippen LogP contribution in [0.1, 0.15) is 23.1 Å². The summed E-state index contributed by atoms with van der Waals surface area (Å²) >= 11 is 6.28. The van der Waals surface area contributed by atoms with Gasteiger partial charge >= 0.3 is 12.2 Å². The fraction of sp³-hybridized carbons (Fsp3) is 0.231. The monoisotopic (exact) mass is 517 g/mol. The van der Waals surface area contributed by atoms with Gasteiger partial charge in [-0.25, -0.2) is 4.79 Å². The second-order valence-electron chi connectivity index (χ2n) is 8.16. The fourth-order valence-electron chi connectivity index (χ4n) is 3.81. The molecular formula is C26H23ClF3N3O3. The molecule has 1 N–H and O–H groups in total. The highest BCUT2D eigenvalue weighted by atomic mass is 35.5. The van der Waals surface area contributed by atoms with Crippen molar-refractivity contribution in [3.05, 3.63) is 94.5 Å². The molecule has 0 unspecified atom stereocenters. The number of methoxy groups -OCH3 is 1. The van der Waals surface area contributed by atoms with E-state index in [0.29, 0.717) is 34.2 Å². The van der Waals surface area contributed by atoms with Crippen LogP contribution in [-0.4, -0.2) is 36.4 Å². The molecule has 0 spiro atoms. The number of alkyl halides is 3. The number of anilines is 1. The normalized spacial score (nSPS) is 15.1. The molecule has 1 aliphatic rings. The van der Waals surface area contributed by atoms with Crippen LogP contribution in [0.3, 0.4) is 0 Å². The number of rotatable bonds is 7. The minimum atomic E-state index is -4.44. The quantitative estimate of drug-likeness (QED) is 0.384. The Bertz CT molecular complexity index is 1250. The molecule has 3 aromatic rings. The highest BCUT2D eigenvalue weighted by Crippen LogP contribution is 2.30. The number of nitrogens with one attached hydrogen (secondary N) is 1. The number of carbonyl (C=O) groups excluding carboxylic acids is 1. The molecule has 3 aromatic carbocycles. The number of hydrogen-bond donors (Lipinski definition) is 1. The van der Waals surface area contributed by atoms with Gasteiger partial charge in [-0.15, -0.1) is 0 Å². The van der Waals surface area contributed by atoms with Crippen LogP contribution in [0.2, 0.25) is 5.02 Å². The first-order valence-corrected chi connectivity index (χ1v) is 11.4. The van der Waals surface area contributed by atoms with E-state index >= 15 is 0 Å². The standard InChI is InChI=1S/C26H23ClF3N3O3/c1-35-24-9-5-4-8-22(24)31-25(34)33(15-17-10-12-18(13-11-17)26(28,29)30)16-19-14-23(32-36-19)20-6-2-3-7-21(20)27/h2-13,19H,14-16H2,1H3,(H,31,34)/t19-/m1/s1. The molecule has 0 saturated heterocycles. The minimum absolute atomic E-state index is 0.0560. The Hall–Kier alpha value is -3.72. The molecule has 0 radical (unpaired) electrons. The molecule has 0 fully saturated rings. The van der Waals surface area contributed by atoms with Crippen molar-refractivity contribution in [1.82, 2.24) is 4.90 Å². The Labute approximate surface area is 211 Å². The molecule has 0 bridgehead atoms. The maximum absolute atomic E-state index is 13.3. The van der Waals surface area contributed by atoms with Gasteiger partial charge in [0.25, 0.3) is 0 Å². The summed E-state index contributed by atoms with van der Waals surface area (Å²) in [6.45, 7) is 0.194. The second kappa shape index (κ2) is 10.9. The van der Waals surface area contributed by atoms with Crippen molar-refractivity contribution in [2.45, 2.75) is 25.2 Å². The zero-order valence-electron chi connectivity index (χ0n) is 19.3. The van der Waals surface area contributed by atoms with Gasteiger partial charge in [0.1, 0.15) is 5.75 Å². The van der Waals surface area contributed by atoms with Crippen LogP contribution in [0.25, 0.3) is 0 Å². The third-order valence-electron chi connectivity index (χ3n) is 5.63. The summed E-state index contributed by atoms with van der Waals surface area (Å²) in [5, 5.41) is 7.50. The molecule has 6 nitrogen and oxygen atoms in total. The van der Waals surface area contributed by atoms with Crippen LogP contribution in [0.15, 0.2) is 78.0 Å². The van der Waals surface area contributed by atoms with Crippen molar-refractivity contribution >= 4 is 29.0 Å². The molecule has 0 aromatic heterocycles. The van der Waals surface area contributed by atoms with Crippen LogP contribution < -0.4 is 10.1 Å². The van der Waals surface area contributed by atoms with Gasteiger partial charge in [-0.3, -0.25) is 0 Å². The topological polar surface area (TPSA) is 63.2 Å². The first-order valence-electron chi connectivity index (χ1n) is 11.1. The van der Waals surface area contributed by atoms with Gasteiger partial charge in [-0.05, 0) is 35.9 Å². The number of amides is 2. The Morgan fingerprint density at radius 2 is 1.81 bits per heavy atom.